The van der Waals surface area contributed by atoms with Gasteiger partial charge in [-0.25, -0.2) is 0 Å². The van der Waals surface area contributed by atoms with Crippen molar-refractivity contribution in [2.45, 2.75) is 58.5 Å². The number of carbonyl (C=O) groups excluding carboxylic acids is 1. The first-order valence-corrected chi connectivity index (χ1v) is 7.14. The highest BCUT2D eigenvalue weighted by molar-refractivity contribution is 5.95. The SMILES string of the molecule is Cc1cc(C(=O)NC(C)CCCO)c(C)n1C1CC1. The highest BCUT2D eigenvalue weighted by Gasteiger charge is 2.28. The average Bonchev–Trinajstić information content (AvgIpc) is 3.13. The molecule has 1 aromatic rings. The molecule has 1 unspecified atom stereocenters. The summed E-state index contributed by atoms with van der Waals surface area (Å²) < 4.78 is 2.29. The Bertz CT molecular complexity index is 461. The van der Waals surface area contributed by atoms with Crippen LogP contribution in [0.25, 0.3) is 0 Å². The molecule has 0 radical (unpaired) electrons. The van der Waals surface area contributed by atoms with E-state index in [1.54, 1.807) is 0 Å². The third-order valence-electron chi connectivity index (χ3n) is 3.81. The van der Waals surface area contributed by atoms with Gasteiger partial charge in [0.05, 0.1) is 5.56 Å². The molecule has 1 aliphatic rings. The number of nitrogens with zero attached hydrogens (tertiary/aromatic N) is 1. The molecule has 1 fully saturated rings. The second-order valence-electron chi connectivity index (χ2n) is 5.63. The van der Waals surface area contributed by atoms with Crippen LogP contribution in [-0.2, 0) is 0 Å². The summed E-state index contributed by atoms with van der Waals surface area (Å²) in [7, 11) is 0. The summed E-state index contributed by atoms with van der Waals surface area (Å²) >= 11 is 0. The van der Waals surface area contributed by atoms with E-state index in [9.17, 15) is 4.79 Å². The van der Waals surface area contributed by atoms with E-state index >= 15 is 0 Å². The molecule has 19 heavy (non-hydrogen) atoms. The number of hydrogen-bond acceptors (Lipinski definition) is 2. The van der Waals surface area contributed by atoms with E-state index < -0.39 is 0 Å². The number of nitrogens with one attached hydrogen (secondary N) is 1. The maximum atomic E-state index is 12.3. The molecule has 1 saturated carbocycles. The molecule has 0 saturated heterocycles. The number of aromatic nitrogens is 1. The van der Waals surface area contributed by atoms with Gasteiger partial charge in [0.2, 0.25) is 0 Å². The van der Waals surface area contributed by atoms with E-state index in [4.69, 9.17) is 5.11 Å². The molecule has 1 aromatic heterocycles. The van der Waals surface area contributed by atoms with Gasteiger partial charge in [-0.2, -0.15) is 0 Å². The predicted molar refractivity (Wildman–Crippen MR) is 75.4 cm³/mol. The molecular formula is C15H24N2O2. The monoisotopic (exact) mass is 264 g/mol. The van der Waals surface area contributed by atoms with Gasteiger partial charge in [0.15, 0.2) is 0 Å². The summed E-state index contributed by atoms with van der Waals surface area (Å²) in [5, 5.41) is 11.8. The lowest BCUT2D eigenvalue weighted by Crippen LogP contribution is -2.32. The second kappa shape index (κ2) is 5.78. The first-order chi connectivity index (χ1) is 9.04. The Balaban J connectivity index is 2.05. The molecule has 4 nitrogen and oxygen atoms in total. The molecule has 4 heteroatoms. The van der Waals surface area contributed by atoms with Crippen LogP contribution in [0.2, 0.25) is 0 Å². The molecule has 0 aliphatic heterocycles. The van der Waals surface area contributed by atoms with E-state index in [0.717, 1.165) is 24.1 Å². The lowest BCUT2D eigenvalue weighted by Gasteiger charge is -2.13. The number of aryl methyl sites for hydroxylation is 1. The van der Waals surface area contributed by atoms with Gasteiger partial charge in [0, 0.05) is 30.1 Å². The van der Waals surface area contributed by atoms with Crippen LogP contribution in [0.5, 0.6) is 0 Å². The third kappa shape index (κ3) is 3.18. The maximum Gasteiger partial charge on any atom is 0.253 e. The van der Waals surface area contributed by atoms with Crippen LogP contribution in [0.4, 0.5) is 0 Å². The van der Waals surface area contributed by atoms with Crippen molar-refractivity contribution in [1.82, 2.24) is 9.88 Å². The molecule has 1 amide bonds. The second-order valence-corrected chi connectivity index (χ2v) is 5.63. The van der Waals surface area contributed by atoms with Gasteiger partial charge < -0.3 is 15.0 Å². The Morgan fingerprint density at radius 3 is 2.79 bits per heavy atom. The van der Waals surface area contributed by atoms with Crippen LogP contribution >= 0.6 is 0 Å². The van der Waals surface area contributed by atoms with Crippen LogP contribution < -0.4 is 5.32 Å². The van der Waals surface area contributed by atoms with Gasteiger partial charge >= 0.3 is 0 Å². The van der Waals surface area contributed by atoms with Crippen molar-refractivity contribution in [3.8, 4) is 0 Å². The van der Waals surface area contributed by atoms with E-state index in [0.29, 0.717) is 6.04 Å². The van der Waals surface area contributed by atoms with Gasteiger partial charge in [0.25, 0.3) is 5.91 Å². The van der Waals surface area contributed by atoms with Crippen LogP contribution in [0.3, 0.4) is 0 Å². The van der Waals surface area contributed by atoms with Crippen molar-refractivity contribution in [3.63, 3.8) is 0 Å². The maximum absolute atomic E-state index is 12.3. The molecule has 0 spiro atoms. The van der Waals surface area contributed by atoms with Crippen molar-refractivity contribution in [1.29, 1.82) is 0 Å². The number of aliphatic hydroxyl groups is 1. The zero-order valence-corrected chi connectivity index (χ0v) is 12.1. The minimum Gasteiger partial charge on any atom is -0.396 e. The number of carbonyl (C=O) groups is 1. The minimum absolute atomic E-state index is 0.00504. The highest BCUT2D eigenvalue weighted by atomic mass is 16.3. The summed E-state index contributed by atoms with van der Waals surface area (Å²) in [6.07, 6.45) is 3.99. The molecule has 1 aliphatic carbocycles. The van der Waals surface area contributed by atoms with Crippen molar-refractivity contribution in [2.24, 2.45) is 0 Å². The first kappa shape index (κ1) is 14.1. The van der Waals surface area contributed by atoms with Gasteiger partial charge in [0.1, 0.15) is 0 Å². The molecule has 1 heterocycles. The van der Waals surface area contributed by atoms with Crippen molar-refractivity contribution in [2.75, 3.05) is 6.61 Å². The summed E-state index contributed by atoms with van der Waals surface area (Å²) in [4.78, 5) is 12.3. The van der Waals surface area contributed by atoms with Crippen molar-refractivity contribution >= 4 is 5.91 Å². The summed E-state index contributed by atoms with van der Waals surface area (Å²) in [6, 6.07) is 2.69. The van der Waals surface area contributed by atoms with E-state index in [-0.39, 0.29) is 18.6 Å². The van der Waals surface area contributed by atoms with E-state index in [1.807, 2.05) is 19.9 Å². The van der Waals surface area contributed by atoms with E-state index in [2.05, 4.69) is 16.8 Å². The molecule has 2 N–H and O–H groups in total. The Kier molecular flexibility index (Phi) is 4.30. The summed E-state index contributed by atoms with van der Waals surface area (Å²) in [5.41, 5.74) is 3.04. The van der Waals surface area contributed by atoms with Crippen molar-refractivity contribution < 1.29 is 9.90 Å². The Hall–Kier alpha value is -1.29. The van der Waals surface area contributed by atoms with Gasteiger partial charge in [-0.15, -0.1) is 0 Å². The highest BCUT2D eigenvalue weighted by Crippen LogP contribution is 2.38. The largest absolute Gasteiger partial charge is 0.396 e. The molecule has 1 atom stereocenters. The molecular weight excluding hydrogens is 240 g/mol. The van der Waals surface area contributed by atoms with Gasteiger partial charge in [-0.3, -0.25) is 4.79 Å². The third-order valence-corrected chi connectivity index (χ3v) is 3.81. The molecule has 2 rings (SSSR count). The quantitative estimate of drug-likeness (QED) is 0.828. The van der Waals surface area contributed by atoms with Crippen LogP contribution in [0.15, 0.2) is 6.07 Å². The topological polar surface area (TPSA) is 54.3 Å². The Morgan fingerprint density at radius 2 is 2.21 bits per heavy atom. The van der Waals surface area contributed by atoms with Crippen LogP contribution in [-0.4, -0.2) is 28.2 Å². The van der Waals surface area contributed by atoms with Gasteiger partial charge in [-0.05, 0) is 52.5 Å². The fraction of sp³-hybridized carbons (Fsp3) is 0.667. The summed E-state index contributed by atoms with van der Waals surface area (Å²) in [6.45, 7) is 6.25. The molecule has 0 aromatic carbocycles. The Labute approximate surface area is 114 Å². The van der Waals surface area contributed by atoms with Gasteiger partial charge in [-0.1, -0.05) is 0 Å². The van der Waals surface area contributed by atoms with E-state index in [1.165, 1.54) is 18.5 Å². The van der Waals surface area contributed by atoms with Crippen LogP contribution in [0, 0.1) is 13.8 Å². The zero-order chi connectivity index (χ0) is 14.0. The van der Waals surface area contributed by atoms with Crippen molar-refractivity contribution in [3.05, 3.63) is 23.0 Å². The number of hydrogen-bond donors (Lipinski definition) is 2. The standard InChI is InChI=1S/C15H24N2O2/c1-10(5-4-8-18)16-15(19)14-9-11(2)17(12(14)3)13-6-7-13/h9-10,13,18H,4-8H2,1-3H3,(H,16,19). The zero-order valence-electron chi connectivity index (χ0n) is 12.1. The lowest BCUT2D eigenvalue weighted by molar-refractivity contribution is 0.0935. The average molecular weight is 264 g/mol. The number of amides is 1. The Morgan fingerprint density at radius 1 is 1.53 bits per heavy atom. The summed E-state index contributed by atoms with van der Waals surface area (Å²) in [5.74, 6) is 0.00504. The van der Waals surface area contributed by atoms with Crippen LogP contribution in [0.1, 0.15) is 60.4 Å². The normalized spacial score (nSPS) is 16.4. The fourth-order valence-corrected chi connectivity index (χ4v) is 2.67. The predicted octanol–water partition coefficient (Wildman–Crippen LogP) is 2.33. The lowest BCUT2D eigenvalue weighted by atomic mass is 10.1. The fourth-order valence-electron chi connectivity index (χ4n) is 2.67. The molecule has 0 bridgehead atoms. The number of aliphatic hydroxyl groups excluding tert-OH is 1. The number of rotatable bonds is 6. The molecule has 106 valence electrons. The smallest absolute Gasteiger partial charge is 0.253 e. The minimum atomic E-state index is 0.00504. The first-order valence-electron chi connectivity index (χ1n) is 7.14.